The summed E-state index contributed by atoms with van der Waals surface area (Å²) in [6.07, 6.45) is 3.85. The van der Waals surface area contributed by atoms with Gasteiger partial charge in [-0.25, -0.2) is 19.9 Å². The predicted molar refractivity (Wildman–Crippen MR) is 117 cm³/mol. The molecule has 1 atom stereocenters. The Bertz CT molecular complexity index is 1010. The average molecular weight is 429 g/mol. The van der Waals surface area contributed by atoms with Crippen LogP contribution in [0.2, 0.25) is 0 Å². The smallest absolute Gasteiger partial charge is 0.225 e. The molecule has 29 heavy (non-hydrogen) atoms. The standard InChI is InChI=1S/C20H24N6OS2/c1-12-19(29-14(3)22-12)17-6-8-21-20(25-17)26-9-7-15(10-26)24-18(27)5-4-16-11-28-13(2)23-16/h6,8,11,15H,4-5,7,9-10H2,1-3H3,(H,24,27). The van der Waals surface area contributed by atoms with Gasteiger partial charge in [-0.3, -0.25) is 4.79 Å². The molecule has 0 aliphatic carbocycles. The lowest BCUT2D eigenvalue weighted by Crippen LogP contribution is -2.37. The van der Waals surface area contributed by atoms with E-state index in [2.05, 4.69) is 25.2 Å². The molecule has 1 aliphatic heterocycles. The molecular weight excluding hydrogens is 404 g/mol. The zero-order valence-corrected chi connectivity index (χ0v) is 18.4. The second-order valence-electron chi connectivity index (χ2n) is 7.25. The van der Waals surface area contributed by atoms with E-state index in [1.165, 1.54) is 0 Å². The van der Waals surface area contributed by atoms with Crippen LogP contribution in [0.1, 0.15) is 34.2 Å². The minimum absolute atomic E-state index is 0.0768. The summed E-state index contributed by atoms with van der Waals surface area (Å²) >= 11 is 3.27. The van der Waals surface area contributed by atoms with Crippen LogP contribution in [0.15, 0.2) is 17.6 Å². The maximum atomic E-state index is 12.3. The van der Waals surface area contributed by atoms with Crippen LogP contribution >= 0.6 is 22.7 Å². The summed E-state index contributed by atoms with van der Waals surface area (Å²) in [4.78, 5) is 33.7. The third kappa shape index (κ3) is 4.79. The summed E-state index contributed by atoms with van der Waals surface area (Å²) in [6.45, 7) is 7.56. The first-order chi connectivity index (χ1) is 14.0. The Morgan fingerprint density at radius 3 is 2.83 bits per heavy atom. The van der Waals surface area contributed by atoms with Gasteiger partial charge in [0, 0.05) is 37.1 Å². The number of hydrogen-bond acceptors (Lipinski definition) is 8. The number of nitrogens with zero attached hydrogens (tertiary/aromatic N) is 5. The second kappa shape index (κ2) is 8.54. The van der Waals surface area contributed by atoms with Crippen LogP contribution in [-0.2, 0) is 11.2 Å². The van der Waals surface area contributed by atoms with Gasteiger partial charge >= 0.3 is 0 Å². The molecule has 0 aromatic carbocycles. The van der Waals surface area contributed by atoms with Crippen molar-refractivity contribution in [3.63, 3.8) is 0 Å². The molecule has 4 heterocycles. The third-order valence-corrected chi connectivity index (χ3v) is 6.81. The monoisotopic (exact) mass is 428 g/mol. The normalized spacial score (nSPS) is 16.4. The molecule has 3 aromatic heterocycles. The molecule has 0 bridgehead atoms. The van der Waals surface area contributed by atoms with E-state index in [-0.39, 0.29) is 11.9 Å². The Kier molecular flexibility index (Phi) is 5.86. The van der Waals surface area contributed by atoms with Gasteiger partial charge in [0.25, 0.3) is 0 Å². The second-order valence-corrected chi connectivity index (χ2v) is 9.51. The van der Waals surface area contributed by atoms with Crippen molar-refractivity contribution in [2.45, 2.75) is 46.1 Å². The van der Waals surface area contributed by atoms with Gasteiger partial charge in [-0.1, -0.05) is 0 Å². The minimum Gasteiger partial charge on any atom is -0.352 e. The molecule has 0 saturated carbocycles. The summed E-state index contributed by atoms with van der Waals surface area (Å²) in [7, 11) is 0. The maximum Gasteiger partial charge on any atom is 0.225 e. The van der Waals surface area contributed by atoms with Crippen molar-refractivity contribution in [2.75, 3.05) is 18.0 Å². The highest BCUT2D eigenvalue weighted by Crippen LogP contribution is 2.29. The van der Waals surface area contributed by atoms with Crippen molar-refractivity contribution in [3.05, 3.63) is 39.0 Å². The molecule has 7 nitrogen and oxygen atoms in total. The van der Waals surface area contributed by atoms with Crippen LogP contribution in [0.25, 0.3) is 10.6 Å². The highest BCUT2D eigenvalue weighted by molar-refractivity contribution is 7.15. The van der Waals surface area contributed by atoms with Gasteiger partial charge in [-0.05, 0) is 39.7 Å². The van der Waals surface area contributed by atoms with Crippen LogP contribution in [0.3, 0.4) is 0 Å². The third-order valence-electron chi connectivity index (χ3n) is 4.89. The van der Waals surface area contributed by atoms with Crippen molar-refractivity contribution in [3.8, 4) is 10.6 Å². The van der Waals surface area contributed by atoms with Gasteiger partial charge in [-0.15, -0.1) is 22.7 Å². The first-order valence-corrected chi connectivity index (χ1v) is 11.4. The summed E-state index contributed by atoms with van der Waals surface area (Å²) < 4.78 is 0. The quantitative estimate of drug-likeness (QED) is 0.648. The van der Waals surface area contributed by atoms with Crippen molar-refractivity contribution < 1.29 is 4.79 Å². The van der Waals surface area contributed by atoms with E-state index in [9.17, 15) is 4.79 Å². The van der Waals surface area contributed by atoms with Crippen LogP contribution < -0.4 is 10.2 Å². The number of aryl methyl sites for hydroxylation is 4. The highest BCUT2D eigenvalue weighted by Gasteiger charge is 2.26. The molecule has 0 spiro atoms. The molecule has 152 valence electrons. The van der Waals surface area contributed by atoms with Crippen LogP contribution in [0, 0.1) is 20.8 Å². The average Bonchev–Trinajstić information content (AvgIpc) is 3.41. The highest BCUT2D eigenvalue weighted by atomic mass is 32.1. The first-order valence-electron chi connectivity index (χ1n) is 9.70. The van der Waals surface area contributed by atoms with Gasteiger partial charge in [0.1, 0.15) is 0 Å². The first kappa shape index (κ1) is 19.9. The molecule has 1 fully saturated rings. The zero-order valence-electron chi connectivity index (χ0n) is 16.8. The van der Waals surface area contributed by atoms with E-state index in [0.717, 1.165) is 51.5 Å². The fourth-order valence-corrected chi connectivity index (χ4v) is 5.06. The fraction of sp³-hybridized carbons (Fsp3) is 0.450. The van der Waals surface area contributed by atoms with E-state index >= 15 is 0 Å². The number of aromatic nitrogens is 4. The Morgan fingerprint density at radius 1 is 1.24 bits per heavy atom. The number of hydrogen-bond donors (Lipinski definition) is 1. The lowest BCUT2D eigenvalue weighted by atomic mass is 10.2. The van der Waals surface area contributed by atoms with Gasteiger partial charge in [0.05, 0.1) is 32.0 Å². The van der Waals surface area contributed by atoms with Crippen molar-refractivity contribution in [1.29, 1.82) is 0 Å². The number of amides is 1. The van der Waals surface area contributed by atoms with Crippen molar-refractivity contribution in [1.82, 2.24) is 25.3 Å². The Labute approximate surface area is 178 Å². The van der Waals surface area contributed by atoms with Gasteiger partial charge in [0.2, 0.25) is 11.9 Å². The summed E-state index contributed by atoms with van der Waals surface area (Å²) in [5.74, 6) is 0.788. The number of anilines is 1. The maximum absolute atomic E-state index is 12.3. The molecule has 3 aromatic rings. The molecule has 4 rings (SSSR count). The topological polar surface area (TPSA) is 83.9 Å². The number of rotatable bonds is 6. The zero-order chi connectivity index (χ0) is 20.4. The van der Waals surface area contributed by atoms with Crippen LogP contribution in [-0.4, -0.2) is 45.0 Å². The van der Waals surface area contributed by atoms with E-state index in [1.807, 2.05) is 32.2 Å². The molecule has 0 radical (unpaired) electrons. The molecular formula is C20H24N6OS2. The SMILES string of the molecule is Cc1nc(CCC(=O)NC2CCN(c3nccc(-c4sc(C)nc4C)n3)C2)cs1. The van der Waals surface area contributed by atoms with Crippen molar-refractivity contribution >= 4 is 34.5 Å². The number of nitrogens with one attached hydrogen (secondary N) is 1. The molecule has 1 unspecified atom stereocenters. The summed E-state index contributed by atoms with van der Waals surface area (Å²) in [5, 5.41) is 7.25. The molecule has 9 heteroatoms. The molecule has 1 aliphatic rings. The molecule has 1 amide bonds. The Morgan fingerprint density at radius 2 is 2.10 bits per heavy atom. The fourth-order valence-electron chi connectivity index (χ4n) is 3.52. The largest absolute Gasteiger partial charge is 0.352 e. The van der Waals surface area contributed by atoms with E-state index in [4.69, 9.17) is 4.98 Å². The van der Waals surface area contributed by atoms with Crippen LogP contribution in [0.5, 0.6) is 0 Å². The van der Waals surface area contributed by atoms with E-state index in [0.29, 0.717) is 18.8 Å². The van der Waals surface area contributed by atoms with Crippen LogP contribution in [0.4, 0.5) is 5.95 Å². The predicted octanol–water partition coefficient (Wildman–Crippen LogP) is 3.31. The molecule has 1 saturated heterocycles. The summed E-state index contributed by atoms with van der Waals surface area (Å²) in [6, 6.07) is 2.05. The number of thiazole rings is 2. The van der Waals surface area contributed by atoms with Gasteiger partial charge in [-0.2, -0.15) is 0 Å². The number of carbonyl (C=O) groups excluding carboxylic acids is 1. The Hall–Kier alpha value is -2.39. The van der Waals surface area contributed by atoms with E-state index < -0.39 is 0 Å². The van der Waals surface area contributed by atoms with Gasteiger partial charge < -0.3 is 10.2 Å². The minimum atomic E-state index is 0.0768. The van der Waals surface area contributed by atoms with Crippen molar-refractivity contribution in [2.24, 2.45) is 0 Å². The molecule has 1 N–H and O–H groups in total. The van der Waals surface area contributed by atoms with E-state index in [1.54, 1.807) is 28.9 Å². The van der Waals surface area contributed by atoms with Gasteiger partial charge in [0.15, 0.2) is 0 Å². The lowest BCUT2D eigenvalue weighted by Gasteiger charge is -2.17. The number of carbonyl (C=O) groups is 1. The lowest BCUT2D eigenvalue weighted by molar-refractivity contribution is -0.121. The Balaban J connectivity index is 1.34. The summed E-state index contributed by atoms with van der Waals surface area (Å²) in [5.41, 5.74) is 2.90.